The number of methoxy groups -OCH3 is 1. The van der Waals surface area contributed by atoms with Crippen molar-refractivity contribution in [1.29, 1.82) is 0 Å². The summed E-state index contributed by atoms with van der Waals surface area (Å²) in [4.78, 5) is 0. The fourth-order valence-corrected chi connectivity index (χ4v) is 3.27. The minimum Gasteiger partial charge on any atom is -0.493 e. The molecular formula is C22H20Cl2N3O2S+. The van der Waals surface area contributed by atoms with E-state index in [1.165, 1.54) is 0 Å². The maximum atomic E-state index is 6.20. The molecule has 8 heteroatoms. The minimum atomic E-state index is 0.233. The Labute approximate surface area is 190 Å². The summed E-state index contributed by atoms with van der Waals surface area (Å²) in [6.45, 7) is 0.233. The van der Waals surface area contributed by atoms with Gasteiger partial charge in [-0.2, -0.15) is 0 Å². The molecule has 3 rings (SSSR count). The molecule has 0 fully saturated rings. The van der Waals surface area contributed by atoms with Crippen LogP contribution in [0.2, 0.25) is 10.0 Å². The normalized spacial score (nSPS) is 10.6. The van der Waals surface area contributed by atoms with E-state index in [1.807, 2.05) is 48.5 Å². The fraction of sp³-hybridized carbons (Fsp3) is 0.0909. The van der Waals surface area contributed by atoms with Crippen LogP contribution < -0.4 is 25.3 Å². The van der Waals surface area contributed by atoms with Gasteiger partial charge in [0.2, 0.25) is 5.11 Å². The van der Waals surface area contributed by atoms with Crippen molar-refractivity contribution in [2.75, 3.05) is 12.4 Å². The summed E-state index contributed by atoms with van der Waals surface area (Å²) >= 11 is 17.6. The third-order valence-corrected chi connectivity index (χ3v) is 4.99. The molecule has 0 saturated heterocycles. The third kappa shape index (κ3) is 6.10. The Morgan fingerprint density at radius 1 is 1.00 bits per heavy atom. The monoisotopic (exact) mass is 460 g/mol. The Morgan fingerprint density at radius 2 is 1.73 bits per heavy atom. The van der Waals surface area contributed by atoms with Gasteiger partial charge in [-0.15, -0.1) is 10.5 Å². The number of hydrogen-bond donors (Lipinski definition) is 3. The summed E-state index contributed by atoms with van der Waals surface area (Å²) in [5.41, 5.74) is 5.40. The van der Waals surface area contributed by atoms with Gasteiger partial charge in [-0.1, -0.05) is 47.5 Å². The molecule has 0 spiro atoms. The molecule has 3 aromatic carbocycles. The van der Waals surface area contributed by atoms with Crippen molar-refractivity contribution >= 4 is 52.4 Å². The molecule has 0 amide bonds. The second-order valence-electron chi connectivity index (χ2n) is 6.13. The topological polar surface area (TPSA) is 56.5 Å². The predicted molar refractivity (Wildman–Crippen MR) is 126 cm³/mol. The van der Waals surface area contributed by atoms with E-state index in [0.29, 0.717) is 26.7 Å². The molecule has 0 aromatic heterocycles. The van der Waals surface area contributed by atoms with Gasteiger partial charge in [-0.05, 0) is 54.7 Å². The first kappa shape index (κ1) is 21.9. The van der Waals surface area contributed by atoms with Crippen molar-refractivity contribution in [3.63, 3.8) is 0 Å². The molecule has 0 bridgehead atoms. The molecule has 30 heavy (non-hydrogen) atoms. The minimum absolute atomic E-state index is 0.233. The quantitative estimate of drug-likeness (QED) is 0.282. The Kier molecular flexibility index (Phi) is 7.90. The lowest BCUT2D eigenvalue weighted by Gasteiger charge is -2.12. The van der Waals surface area contributed by atoms with E-state index >= 15 is 0 Å². The van der Waals surface area contributed by atoms with E-state index in [0.717, 1.165) is 16.8 Å². The highest BCUT2D eigenvalue weighted by molar-refractivity contribution is 7.80. The number of hydrazone groups is 1. The zero-order chi connectivity index (χ0) is 21.3. The lowest BCUT2D eigenvalue weighted by atomic mass is 10.2. The molecule has 0 atom stereocenters. The van der Waals surface area contributed by atoms with E-state index in [2.05, 4.69) is 15.8 Å². The molecule has 0 aliphatic rings. The van der Waals surface area contributed by atoms with Crippen LogP contribution in [-0.2, 0) is 6.61 Å². The Morgan fingerprint density at radius 3 is 2.43 bits per heavy atom. The van der Waals surface area contributed by atoms with E-state index in [9.17, 15) is 0 Å². The number of anilines is 1. The van der Waals surface area contributed by atoms with Gasteiger partial charge < -0.3 is 14.8 Å². The van der Waals surface area contributed by atoms with Gasteiger partial charge in [0.1, 0.15) is 6.61 Å². The average Bonchev–Trinajstić information content (AvgIpc) is 2.74. The largest absolute Gasteiger partial charge is 0.493 e. The van der Waals surface area contributed by atoms with Crippen LogP contribution >= 0.6 is 35.4 Å². The molecule has 0 aliphatic carbocycles. The van der Waals surface area contributed by atoms with Gasteiger partial charge >= 0.3 is 0 Å². The highest BCUT2D eigenvalue weighted by atomic mass is 35.5. The molecule has 0 heterocycles. The first-order valence-corrected chi connectivity index (χ1v) is 10.2. The number of para-hydroxylation sites is 1. The molecule has 0 radical (unpaired) electrons. The number of thiocarbonyl (C=S) groups is 1. The summed E-state index contributed by atoms with van der Waals surface area (Å²) in [5, 5.41) is 7.59. The first-order valence-electron chi connectivity index (χ1n) is 9.01. The number of ether oxygens (including phenoxy) is 2. The summed E-state index contributed by atoms with van der Waals surface area (Å²) in [5.74, 6) is 1.17. The number of hydrazine groups is 1. The van der Waals surface area contributed by atoms with E-state index in [-0.39, 0.29) is 6.61 Å². The molecule has 5 nitrogen and oxygen atoms in total. The van der Waals surface area contributed by atoms with Crippen molar-refractivity contribution in [2.24, 2.45) is 0 Å². The first-order chi connectivity index (χ1) is 14.6. The predicted octanol–water partition coefficient (Wildman–Crippen LogP) is 3.98. The second kappa shape index (κ2) is 10.8. The maximum absolute atomic E-state index is 6.20. The summed E-state index contributed by atoms with van der Waals surface area (Å²) in [7, 11) is 1.58. The average molecular weight is 461 g/mol. The maximum Gasteiger partial charge on any atom is 0.228 e. The van der Waals surface area contributed by atoms with Gasteiger partial charge in [0, 0.05) is 26.9 Å². The van der Waals surface area contributed by atoms with Gasteiger partial charge in [0.25, 0.3) is 0 Å². The lowest BCUT2D eigenvalue weighted by Crippen LogP contribution is -2.82. The zero-order valence-electron chi connectivity index (χ0n) is 16.1. The molecule has 0 unspecified atom stereocenters. The van der Waals surface area contributed by atoms with Crippen LogP contribution in [0.15, 0.2) is 66.7 Å². The van der Waals surface area contributed by atoms with Crippen LogP contribution in [0, 0.1) is 0 Å². The van der Waals surface area contributed by atoms with E-state index < -0.39 is 0 Å². The summed E-state index contributed by atoms with van der Waals surface area (Å²) in [6, 6.07) is 20.5. The van der Waals surface area contributed by atoms with Crippen molar-refractivity contribution in [3.05, 3.63) is 87.9 Å². The van der Waals surface area contributed by atoms with E-state index in [4.69, 9.17) is 44.9 Å². The SMILES string of the molecule is COc1cc(C=[NH+]NC(=S)Nc2ccccc2)ccc1OCc1c(Cl)cccc1Cl. The Hall–Kier alpha value is -2.80. The number of rotatable bonds is 7. The van der Waals surface area contributed by atoms with Crippen LogP contribution in [0.5, 0.6) is 11.5 Å². The number of hydrogen-bond acceptors (Lipinski definition) is 3. The van der Waals surface area contributed by atoms with Crippen molar-refractivity contribution < 1.29 is 14.6 Å². The van der Waals surface area contributed by atoms with Gasteiger partial charge in [0.05, 0.1) is 7.11 Å². The highest BCUT2D eigenvalue weighted by Gasteiger charge is 2.10. The lowest BCUT2D eigenvalue weighted by molar-refractivity contribution is -0.499. The number of halogens is 2. The summed E-state index contributed by atoms with van der Waals surface area (Å²) in [6.07, 6.45) is 1.76. The Bertz CT molecular complexity index is 1030. The summed E-state index contributed by atoms with van der Waals surface area (Å²) < 4.78 is 11.3. The van der Waals surface area contributed by atoms with Gasteiger partial charge in [-0.3, -0.25) is 0 Å². The van der Waals surface area contributed by atoms with Crippen molar-refractivity contribution in [2.45, 2.75) is 6.61 Å². The van der Waals surface area contributed by atoms with Crippen LogP contribution in [0.1, 0.15) is 11.1 Å². The zero-order valence-corrected chi connectivity index (χ0v) is 18.4. The number of benzene rings is 3. The third-order valence-electron chi connectivity index (χ3n) is 4.08. The van der Waals surface area contributed by atoms with Crippen molar-refractivity contribution in [1.82, 2.24) is 5.43 Å². The van der Waals surface area contributed by atoms with Crippen LogP contribution in [0.3, 0.4) is 0 Å². The molecule has 154 valence electrons. The van der Waals surface area contributed by atoms with Gasteiger partial charge in [-0.25, -0.2) is 0 Å². The highest BCUT2D eigenvalue weighted by Crippen LogP contribution is 2.31. The molecule has 3 aromatic rings. The standard InChI is InChI=1S/C22H19Cl2N3O2S/c1-28-21-12-15(13-25-27-22(30)26-16-6-3-2-4-7-16)10-11-20(21)29-14-17-18(23)8-5-9-19(17)24/h2-13H,14H2,1H3,(H2,26,27,30)/p+1. The van der Waals surface area contributed by atoms with Crippen LogP contribution in [0.25, 0.3) is 0 Å². The number of nitrogens with one attached hydrogen (secondary N) is 3. The Balaban J connectivity index is 1.61. The molecule has 0 aliphatic heterocycles. The molecule has 0 saturated carbocycles. The van der Waals surface area contributed by atoms with E-state index in [1.54, 1.807) is 31.5 Å². The van der Waals surface area contributed by atoms with Crippen LogP contribution in [-0.4, -0.2) is 18.4 Å². The molecular weight excluding hydrogens is 441 g/mol. The fourth-order valence-electron chi connectivity index (χ4n) is 2.58. The van der Waals surface area contributed by atoms with Crippen molar-refractivity contribution in [3.8, 4) is 11.5 Å². The second-order valence-corrected chi connectivity index (χ2v) is 7.36. The smallest absolute Gasteiger partial charge is 0.228 e. The molecule has 3 N–H and O–H groups in total. The van der Waals surface area contributed by atoms with Gasteiger partial charge in [0.15, 0.2) is 17.7 Å². The van der Waals surface area contributed by atoms with Crippen LogP contribution in [0.4, 0.5) is 5.69 Å².